The van der Waals surface area contributed by atoms with Crippen LogP contribution in [0, 0.1) is 5.82 Å². The van der Waals surface area contributed by atoms with Crippen LogP contribution in [-0.4, -0.2) is 18.0 Å². The summed E-state index contributed by atoms with van der Waals surface area (Å²) in [5.41, 5.74) is 3.00. The fourth-order valence-corrected chi connectivity index (χ4v) is 3.71. The van der Waals surface area contributed by atoms with Crippen molar-refractivity contribution in [1.29, 1.82) is 0 Å². The number of methoxy groups -OCH3 is 1. The zero-order chi connectivity index (χ0) is 21.6. The SMILES string of the molecule is COc1ccc(F)cc1NSc1ccc(CNC(=O)c2ccc3ncccc3c2)cc1. The van der Waals surface area contributed by atoms with Gasteiger partial charge in [-0.25, -0.2) is 4.39 Å². The lowest BCUT2D eigenvalue weighted by atomic mass is 10.1. The minimum atomic E-state index is -0.335. The Balaban J connectivity index is 1.34. The van der Waals surface area contributed by atoms with Crippen LogP contribution in [0.5, 0.6) is 5.75 Å². The van der Waals surface area contributed by atoms with E-state index in [0.717, 1.165) is 21.4 Å². The Kier molecular flexibility index (Phi) is 6.33. The summed E-state index contributed by atoms with van der Waals surface area (Å²) in [7, 11) is 1.54. The van der Waals surface area contributed by atoms with Crippen LogP contribution < -0.4 is 14.8 Å². The molecule has 1 aromatic heterocycles. The number of anilines is 1. The summed E-state index contributed by atoms with van der Waals surface area (Å²) in [6.07, 6.45) is 1.73. The summed E-state index contributed by atoms with van der Waals surface area (Å²) in [5, 5.41) is 3.87. The highest BCUT2D eigenvalue weighted by Crippen LogP contribution is 2.30. The lowest BCUT2D eigenvalue weighted by Crippen LogP contribution is -2.22. The van der Waals surface area contributed by atoms with Crippen LogP contribution in [0.1, 0.15) is 15.9 Å². The number of nitrogens with one attached hydrogen (secondary N) is 2. The van der Waals surface area contributed by atoms with Gasteiger partial charge in [0.05, 0.1) is 18.3 Å². The molecule has 5 nitrogen and oxygen atoms in total. The van der Waals surface area contributed by atoms with Crippen LogP contribution in [0.2, 0.25) is 0 Å². The highest BCUT2D eigenvalue weighted by Gasteiger charge is 2.08. The summed E-state index contributed by atoms with van der Waals surface area (Å²) in [6, 6.07) is 21.3. The molecule has 31 heavy (non-hydrogen) atoms. The van der Waals surface area contributed by atoms with E-state index in [-0.39, 0.29) is 11.7 Å². The van der Waals surface area contributed by atoms with Gasteiger partial charge in [-0.15, -0.1) is 0 Å². The summed E-state index contributed by atoms with van der Waals surface area (Å²) in [6.45, 7) is 0.417. The minimum Gasteiger partial charge on any atom is -0.495 e. The molecule has 0 bridgehead atoms. The first-order valence-electron chi connectivity index (χ1n) is 9.61. The molecule has 4 rings (SSSR count). The molecule has 0 saturated heterocycles. The molecule has 7 heteroatoms. The van der Waals surface area contributed by atoms with Crippen molar-refractivity contribution in [2.75, 3.05) is 11.8 Å². The number of carbonyl (C=O) groups is 1. The molecule has 0 aliphatic heterocycles. The number of carbonyl (C=O) groups excluding carboxylic acids is 1. The fraction of sp³-hybridized carbons (Fsp3) is 0.0833. The van der Waals surface area contributed by atoms with Crippen molar-refractivity contribution >= 4 is 34.4 Å². The van der Waals surface area contributed by atoms with Gasteiger partial charge in [0, 0.05) is 34.7 Å². The first-order chi connectivity index (χ1) is 15.1. The Morgan fingerprint density at radius 1 is 1.06 bits per heavy atom. The van der Waals surface area contributed by atoms with E-state index >= 15 is 0 Å². The van der Waals surface area contributed by atoms with Crippen molar-refractivity contribution in [3.05, 3.63) is 95.9 Å². The molecule has 0 radical (unpaired) electrons. The molecule has 4 aromatic rings. The topological polar surface area (TPSA) is 63.2 Å². The molecule has 0 aliphatic carbocycles. The maximum atomic E-state index is 13.5. The minimum absolute atomic E-state index is 0.135. The van der Waals surface area contributed by atoms with Crippen molar-refractivity contribution in [2.24, 2.45) is 0 Å². The van der Waals surface area contributed by atoms with E-state index in [1.54, 1.807) is 25.4 Å². The number of rotatable bonds is 7. The van der Waals surface area contributed by atoms with E-state index < -0.39 is 0 Å². The molecule has 1 amide bonds. The molecule has 0 unspecified atom stereocenters. The van der Waals surface area contributed by atoms with Crippen LogP contribution in [0.15, 0.2) is 83.9 Å². The van der Waals surface area contributed by atoms with Crippen molar-refractivity contribution in [3.63, 3.8) is 0 Å². The van der Waals surface area contributed by atoms with Gasteiger partial charge in [0.1, 0.15) is 11.6 Å². The normalized spacial score (nSPS) is 10.6. The first-order valence-corrected chi connectivity index (χ1v) is 10.4. The second-order valence-corrected chi connectivity index (χ2v) is 7.67. The monoisotopic (exact) mass is 433 g/mol. The van der Waals surface area contributed by atoms with Gasteiger partial charge in [-0.05, 0) is 66.0 Å². The number of ether oxygens (including phenoxy) is 1. The molecule has 3 aromatic carbocycles. The molecule has 0 fully saturated rings. The van der Waals surface area contributed by atoms with Gasteiger partial charge in [-0.1, -0.05) is 18.2 Å². The number of amides is 1. The lowest BCUT2D eigenvalue weighted by Gasteiger charge is -2.11. The summed E-state index contributed by atoms with van der Waals surface area (Å²) >= 11 is 1.35. The van der Waals surface area contributed by atoms with Gasteiger partial charge in [-0.2, -0.15) is 0 Å². The molecule has 0 spiro atoms. The number of halogens is 1. The van der Waals surface area contributed by atoms with Crippen molar-refractivity contribution in [3.8, 4) is 5.75 Å². The van der Waals surface area contributed by atoms with Crippen molar-refractivity contribution in [2.45, 2.75) is 11.4 Å². The maximum absolute atomic E-state index is 13.5. The molecule has 2 N–H and O–H groups in total. The van der Waals surface area contributed by atoms with Crippen LogP contribution in [0.25, 0.3) is 10.9 Å². The second-order valence-electron chi connectivity index (χ2n) is 6.79. The number of pyridine rings is 1. The summed E-state index contributed by atoms with van der Waals surface area (Å²) in [4.78, 5) is 17.7. The number of nitrogens with zero attached hydrogens (tertiary/aromatic N) is 1. The lowest BCUT2D eigenvalue weighted by molar-refractivity contribution is 0.0951. The van der Waals surface area contributed by atoms with Crippen LogP contribution >= 0.6 is 11.9 Å². The number of aromatic nitrogens is 1. The van der Waals surface area contributed by atoms with Crippen LogP contribution in [-0.2, 0) is 6.54 Å². The van der Waals surface area contributed by atoms with Gasteiger partial charge >= 0.3 is 0 Å². The quantitative estimate of drug-likeness (QED) is 0.381. The van der Waals surface area contributed by atoms with Gasteiger partial charge in [0.25, 0.3) is 5.91 Å². The van der Waals surface area contributed by atoms with Crippen molar-refractivity contribution < 1.29 is 13.9 Å². The predicted octanol–water partition coefficient (Wildman–Crippen LogP) is 5.43. The molecule has 0 saturated carbocycles. The Hall–Kier alpha value is -3.58. The Bertz CT molecular complexity index is 1220. The zero-order valence-electron chi connectivity index (χ0n) is 16.8. The smallest absolute Gasteiger partial charge is 0.251 e. The largest absolute Gasteiger partial charge is 0.495 e. The zero-order valence-corrected chi connectivity index (χ0v) is 17.6. The Morgan fingerprint density at radius 2 is 1.90 bits per heavy atom. The van der Waals surface area contributed by atoms with Crippen LogP contribution in [0.3, 0.4) is 0 Å². The van der Waals surface area contributed by atoms with Gasteiger partial charge < -0.3 is 14.8 Å². The maximum Gasteiger partial charge on any atom is 0.251 e. The third-order valence-electron chi connectivity index (χ3n) is 4.68. The molecular formula is C24H20FN3O2S. The van der Waals surface area contributed by atoms with Gasteiger partial charge in [0.2, 0.25) is 0 Å². The van der Waals surface area contributed by atoms with Gasteiger partial charge in [-0.3, -0.25) is 9.78 Å². The number of fused-ring (bicyclic) bond motifs is 1. The Labute approximate surface area is 183 Å². The molecule has 156 valence electrons. The average Bonchev–Trinajstić information content (AvgIpc) is 2.81. The van der Waals surface area contributed by atoms with Gasteiger partial charge in [0.15, 0.2) is 0 Å². The number of hydrogen-bond donors (Lipinski definition) is 2. The molecule has 0 aliphatic rings. The highest BCUT2D eigenvalue weighted by molar-refractivity contribution is 8.00. The summed E-state index contributed by atoms with van der Waals surface area (Å²) in [5.74, 6) is 0.0967. The number of hydrogen-bond acceptors (Lipinski definition) is 5. The van der Waals surface area contributed by atoms with E-state index in [9.17, 15) is 9.18 Å². The average molecular weight is 434 g/mol. The first kappa shape index (κ1) is 20.7. The third-order valence-corrected chi connectivity index (χ3v) is 5.51. The van der Waals surface area contributed by atoms with E-state index in [4.69, 9.17) is 4.74 Å². The standard InChI is InChI=1S/C24H20FN3O2S/c1-30-23-11-7-19(25)14-22(23)28-31-20-8-4-16(5-9-20)15-27-24(29)18-6-10-21-17(13-18)3-2-12-26-21/h2-14,28H,15H2,1H3,(H,27,29). The fourth-order valence-electron chi connectivity index (χ4n) is 3.05. The highest BCUT2D eigenvalue weighted by atomic mass is 32.2. The molecule has 0 atom stereocenters. The van der Waals surface area contributed by atoms with E-state index in [1.165, 1.54) is 24.1 Å². The van der Waals surface area contributed by atoms with E-state index in [0.29, 0.717) is 23.5 Å². The van der Waals surface area contributed by atoms with E-state index in [2.05, 4.69) is 15.0 Å². The van der Waals surface area contributed by atoms with Crippen LogP contribution in [0.4, 0.5) is 10.1 Å². The van der Waals surface area contributed by atoms with Crippen molar-refractivity contribution in [1.82, 2.24) is 10.3 Å². The Morgan fingerprint density at radius 3 is 2.71 bits per heavy atom. The second kappa shape index (κ2) is 9.49. The van der Waals surface area contributed by atoms with E-state index in [1.807, 2.05) is 48.5 Å². The third kappa shape index (κ3) is 5.13. The molecule has 1 heterocycles. The molecular weight excluding hydrogens is 413 g/mol. The number of benzene rings is 3. The summed E-state index contributed by atoms with van der Waals surface area (Å²) < 4.78 is 21.8. The predicted molar refractivity (Wildman–Crippen MR) is 122 cm³/mol.